The van der Waals surface area contributed by atoms with Gasteiger partial charge in [0.1, 0.15) is 5.75 Å². The fourth-order valence-corrected chi connectivity index (χ4v) is 2.36. The number of hydrogen-bond acceptors (Lipinski definition) is 5. The minimum absolute atomic E-state index is 0.188. The van der Waals surface area contributed by atoms with Crippen LogP contribution in [0.2, 0.25) is 0 Å². The molecule has 27 heavy (non-hydrogen) atoms. The second-order valence-corrected chi connectivity index (χ2v) is 5.74. The molecule has 6 nitrogen and oxygen atoms in total. The lowest BCUT2D eigenvalue weighted by Gasteiger charge is -2.21. The Hall–Kier alpha value is -3.33. The number of hydrogen-bond donors (Lipinski definition) is 0. The zero-order valence-corrected chi connectivity index (χ0v) is 15.3. The number of carbonyl (C=O) groups excluding carboxylic acids is 2. The van der Waals surface area contributed by atoms with Gasteiger partial charge in [-0.25, -0.2) is 4.79 Å². The van der Waals surface area contributed by atoms with E-state index in [1.807, 2.05) is 19.1 Å². The van der Waals surface area contributed by atoms with Crippen LogP contribution in [0, 0.1) is 11.3 Å². The van der Waals surface area contributed by atoms with Crippen LogP contribution in [0.25, 0.3) is 0 Å². The molecular weight excluding hydrogens is 344 g/mol. The molecule has 0 saturated heterocycles. The maximum absolute atomic E-state index is 12.5. The van der Waals surface area contributed by atoms with Crippen molar-refractivity contribution in [2.75, 3.05) is 24.7 Å². The fourth-order valence-electron chi connectivity index (χ4n) is 2.36. The Morgan fingerprint density at radius 3 is 2.41 bits per heavy atom. The number of nitrogens with zero attached hydrogens (tertiary/aromatic N) is 2. The van der Waals surface area contributed by atoms with Gasteiger partial charge in [0.05, 0.1) is 24.7 Å². The first kappa shape index (κ1) is 20.0. The monoisotopic (exact) mass is 366 g/mol. The molecule has 0 aliphatic rings. The van der Waals surface area contributed by atoms with Crippen molar-refractivity contribution in [2.24, 2.45) is 0 Å². The summed E-state index contributed by atoms with van der Waals surface area (Å²) in [5.74, 6) is -0.289. The third-order valence-electron chi connectivity index (χ3n) is 3.71. The van der Waals surface area contributed by atoms with E-state index in [-0.39, 0.29) is 18.9 Å². The van der Waals surface area contributed by atoms with Gasteiger partial charge in [-0.3, -0.25) is 4.79 Å². The molecule has 0 aliphatic heterocycles. The molecule has 6 heteroatoms. The maximum Gasteiger partial charge on any atom is 0.338 e. The van der Waals surface area contributed by atoms with Crippen molar-refractivity contribution in [1.82, 2.24) is 0 Å². The van der Waals surface area contributed by atoms with E-state index in [1.165, 1.54) is 4.90 Å². The summed E-state index contributed by atoms with van der Waals surface area (Å²) in [6, 6.07) is 17.6. The van der Waals surface area contributed by atoms with Crippen LogP contribution in [0.5, 0.6) is 5.75 Å². The predicted molar refractivity (Wildman–Crippen MR) is 102 cm³/mol. The molecule has 2 rings (SSSR count). The van der Waals surface area contributed by atoms with Gasteiger partial charge >= 0.3 is 5.97 Å². The van der Waals surface area contributed by atoms with Gasteiger partial charge in [0.15, 0.2) is 6.61 Å². The smallest absolute Gasteiger partial charge is 0.338 e. The largest absolute Gasteiger partial charge is 0.494 e. The molecule has 0 spiro atoms. The predicted octanol–water partition coefficient (Wildman–Crippen LogP) is 3.58. The highest BCUT2D eigenvalue weighted by atomic mass is 16.5. The van der Waals surface area contributed by atoms with Gasteiger partial charge in [-0.2, -0.15) is 5.26 Å². The van der Waals surface area contributed by atoms with Gasteiger partial charge in [0.25, 0.3) is 5.91 Å². The number of amides is 1. The van der Waals surface area contributed by atoms with E-state index in [9.17, 15) is 9.59 Å². The van der Waals surface area contributed by atoms with Crippen molar-refractivity contribution in [2.45, 2.75) is 19.8 Å². The molecule has 2 aromatic rings. The van der Waals surface area contributed by atoms with Gasteiger partial charge in [0.2, 0.25) is 0 Å². The lowest BCUT2D eigenvalue weighted by molar-refractivity contribution is -0.121. The average Bonchev–Trinajstić information content (AvgIpc) is 2.72. The highest BCUT2D eigenvalue weighted by Crippen LogP contribution is 2.15. The van der Waals surface area contributed by atoms with E-state index in [2.05, 4.69) is 0 Å². The standard InChI is InChI=1S/C21H22N2O4/c1-2-15-26-19-11-9-17(10-12-19)21(25)27-16-20(24)23(14-6-13-22)18-7-4-3-5-8-18/h3-5,7-12H,2,6,14-16H2,1H3. The molecule has 0 bridgehead atoms. The lowest BCUT2D eigenvalue weighted by atomic mass is 10.2. The number of anilines is 1. The van der Waals surface area contributed by atoms with Crippen molar-refractivity contribution in [1.29, 1.82) is 5.26 Å². The minimum atomic E-state index is -0.585. The molecule has 0 saturated carbocycles. The summed E-state index contributed by atoms with van der Waals surface area (Å²) < 4.78 is 10.6. The van der Waals surface area contributed by atoms with Crippen molar-refractivity contribution < 1.29 is 19.1 Å². The Balaban J connectivity index is 1.95. The van der Waals surface area contributed by atoms with E-state index >= 15 is 0 Å². The van der Waals surface area contributed by atoms with Crippen LogP contribution in [-0.4, -0.2) is 31.6 Å². The summed E-state index contributed by atoms with van der Waals surface area (Å²) in [6.45, 7) is 2.46. The Morgan fingerprint density at radius 2 is 1.78 bits per heavy atom. The Labute approximate surface area is 158 Å². The molecule has 0 heterocycles. The molecule has 0 N–H and O–H groups in total. The number of ether oxygens (including phenoxy) is 2. The highest BCUT2D eigenvalue weighted by molar-refractivity contribution is 5.97. The molecule has 0 fully saturated rings. The van der Waals surface area contributed by atoms with E-state index in [1.54, 1.807) is 48.5 Å². The van der Waals surface area contributed by atoms with Crippen LogP contribution in [0.4, 0.5) is 5.69 Å². The summed E-state index contributed by atoms with van der Waals surface area (Å²) in [6.07, 6.45) is 1.09. The van der Waals surface area contributed by atoms with Gasteiger partial charge in [0, 0.05) is 12.2 Å². The van der Waals surface area contributed by atoms with Crippen LogP contribution < -0.4 is 9.64 Å². The molecule has 0 radical (unpaired) electrons. The van der Waals surface area contributed by atoms with Crippen LogP contribution in [0.3, 0.4) is 0 Å². The summed E-state index contributed by atoms with van der Waals surface area (Å²) in [5, 5.41) is 8.80. The maximum atomic E-state index is 12.5. The molecule has 1 amide bonds. The van der Waals surface area contributed by atoms with Crippen molar-refractivity contribution >= 4 is 17.6 Å². The third-order valence-corrected chi connectivity index (χ3v) is 3.71. The third kappa shape index (κ3) is 6.15. The average molecular weight is 366 g/mol. The van der Waals surface area contributed by atoms with E-state index < -0.39 is 12.6 Å². The first-order chi connectivity index (χ1) is 13.2. The van der Waals surface area contributed by atoms with E-state index in [0.29, 0.717) is 23.6 Å². The first-order valence-corrected chi connectivity index (χ1v) is 8.78. The minimum Gasteiger partial charge on any atom is -0.494 e. The van der Waals surface area contributed by atoms with Crippen LogP contribution in [0.1, 0.15) is 30.1 Å². The second kappa shape index (κ2) is 10.6. The summed E-state index contributed by atoms with van der Waals surface area (Å²) >= 11 is 0. The zero-order chi connectivity index (χ0) is 19.5. The second-order valence-electron chi connectivity index (χ2n) is 5.74. The van der Waals surface area contributed by atoms with Crippen molar-refractivity contribution in [3.05, 3.63) is 60.2 Å². The first-order valence-electron chi connectivity index (χ1n) is 8.78. The van der Waals surface area contributed by atoms with Crippen LogP contribution in [-0.2, 0) is 9.53 Å². The molecule has 2 aromatic carbocycles. The summed E-state index contributed by atoms with van der Waals surface area (Å²) in [5.41, 5.74) is 1.00. The van der Waals surface area contributed by atoms with Gasteiger partial charge in [-0.05, 0) is 42.8 Å². The number of rotatable bonds is 9. The van der Waals surface area contributed by atoms with Gasteiger partial charge < -0.3 is 14.4 Å². The van der Waals surface area contributed by atoms with Crippen LogP contribution in [0.15, 0.2) is 54.6 Å². The molecular formula is C21H22N2O4. The fraction of sp³-hybridized carbons (Fsp3) is 0.286. The Kier molecular flexibility index (Phi) is 7.86. The zero-order valence-electron chi connectivity index (χ0n) is 15.3. The number of esters is 1. The van der Waals surface area contributed by atoms with Crippen molar-refractivity contribution in [3.63, 3.8) is 0 Å². The SMILES string of the molecule is CCCOc1ccc(C(=O)OCC(=O)N(CCC#N)c2ccccc2)cc1. The Bertz CT molecular complexity index is 782. The topological polar surface area (TPSA) is 79.6 Å². The lowest BCUT2D eigenvalue weighted by Crippen LogP contribution is -2.35. The number of nitriles is 1. The molecule has 0 unspecified atom stereocenters. The number of para-hydroxylation sites is 1. The Morgan fingerprint density at radius 1 is 1.07 bits per heavy atom. The molecule has 0 aromatic heterocycles. The van der Waals surface area contributed by atoms with E-state index in [4.69, 9.17) is 14.7 Å². The molecule has 0 atom stereocenters. The summed E-state index contributed by atoms with van der Waals surface area (Å²) in [4.78, 5) is 26.1. The van der Waals surface area contributed by atoms with Gasteiger partial charge in [-0.1, -0.05) is 25.1 Å². The van der Waals surface area contributed by atoms with Gasteiger partial charge in [-0.15, -0.1) is 0 Å². The highest BCUT2D eigenvalue weighted by Gasteiger charge is 2.18. The number of benzene rings is 2. The van der Waals surface area contributed by atoms with Crippen molar-refractivity contribution in [3.8, 4) is 11.8 Å². The normalized spacial score (nSPS) is 9.93. The number of carbonyl (C=O) groups is 2. The summed E-state index contributed by atoms with van der Waals surface area (Å²) in [7, 11) is 0. The quantitative estimate of drug-likeness (QED) is 0.634. The van der Waals surface area contributed by atoms with Crippen LogP contribution >= 0.6 is 0 Å². The van der Waals surface area contributed by atoms with E-state index in [0.717, 1.165) is 6.42 Å². The molecule has 0 aliphatic carbocycles. The molecule has 140 valence electrons.